The van der Waals surface area contributed by atoms with E-state index in [1.54, 1.807) is 17.0 Å². The minimum atomic E-state index is -1.19. The second-order valence-electron chi connectivity index (χ2n) is 11.1. The number of aryl methyl sites for hydroxylation is 1. The molecule has 2 aliphatic heterocycles. The number of thioether (sulfide) groups is 1. The summed E-state index contributed by atoms with van der Waals surface area (Å²) >= 11 is 13.9. The van der Waals surface area contributed by atoms with Crippen LogP contribution in [0.3, 0.4) is 0 Å². The van der Waals surface area contributed by atoms with Crippen molar-refractivity contribution in [1.29, 1.82) is 0 Å². The monoisotopic (exact) mass is 635 g/mol. The van der Waals surface area contributed by atoms with Crippen LogP contribution >= 0.6 is 35.0 Å². The van der Waals surface area contributed by atoms with Crippen molar-refractivity contribution in [3.63, 3.8) is 0 Å². The Morgan fingerprint density at radius 2 is 1.60 bits per heavy atom. The van der Waals surface area contributed by atoms with Gasteiger partial charge in [0.15, 0.2) is 0 Å². The van der Waals surface area contributed by atoms with E-state index in [1.165, 1.54) is 16.7 Å². The molecule has 2 fully saturated rings. The van der Waals surface area contributed by atoms with Gasteiger partial charge in [0.1, 0.15) is 4.75 Å². The Morgan fingerprint density at radius 3 is 2.28 bits per heavy atom. The Kier molecular flexibility index (Phi) is 8.06. The minimum absolute atomic E-state index is 0.0128. The molecule has 0 radical (unpaired) electrons. The molecule has 43 heavy (non-hydrogen) atoms. The smallest absolute Gasteiger partial charge is 0.314 e. The summed E-state index contributed by atoms with van der Waals surface area (Å²) in [6.07, 6.45) is 1.90. The molecule has 4 aromatic rings. The number of likely N-dealkylation sites (tertiary alicyclic amines) is 1. The number of hydrogen-bond donors (Lipinski definition) is 2. The van der Waals surface area contributed by atoms with Crippen LogP contribution in [0.1, 0.15) is 29.2 Å². The van der Waals surface area contributed by atoms with Crippen molar-refractivity contribution >= 4 is 63.7 Å². The van der Waals surface area contributed by atoms with E-state index in [9.17, 15) is 14.4 Å². The highest BCUT2D eigenvalue weighted by molar-refractivity contribution is 8.01. The van der Waals surface area contributed by atoms with E-state index in [0.29, 0.717) is 42.8 Å². The van der Waals surface area contributed by atoms with Gasteiger partial charge in [-0.15, -0.1) is 11.8 Å². The van der Waals surface area contributed by atoms with Crippen LogP contribution in [0.25, 0.3) is 10.9 Å². The Hall–Kier alpha value is -3.66. The number of primary amides is 1. The van der Waals surface area contributed by atoms with Gasteiger partial charge in [0.2, 0.25) is 11.8 Å². The van der Waals surface area contributed by atoms with E-state index in [2.05, 4.69) is 4.98 Å². The number of rotatable bonds is 6. The topological polar surface area (TPSA) is 103 Å². The summed E-state index contributed by atoms with van der Waals surface area (Å²) < 4.78 is -1.19. The van der Waals surface area contributed by atoms with Crippen molar-refractivity contribution in [1.82, 2.24) is 19.7 Å². The van der Waals surface area contributed by atoms with Crippen molar-refractivity contribution in [2.24, 2.45) is 5.73 Å². The Balaban J connectivity index is 1.50. The lowest BCUT2D eigenvalue weighted by Gasteiger charge is -2.42. The first kappa shape index (κ1) is 29.4. The van der Waals surface area contributed by atoms with Gasteiger partial charge in [-0.25, -0.2) is 4.79 Å². The van der Waals surface area contributed by atoms with Crippen LogP contribution in [0.5, 0.6) is 0 Å². The molecule has 3 N–H and O–H groups in total. The lowest BCUT2D eigenvalue weighted by atomic mass is 9.90. The average molecular weight is 637 g/mol. The Morgan fingerprint density at radius 1 is 0.953 bits per heavy atom. The van der Waals surface area contributed by atoms with Gasteiger partial charge in [-0.1, -0.05) is 59.1 Å². The molecule has 2 atom stereocenters. The van der Waals surface area contributed by atoms with Crippen LogP contribution in [-0.2, 0) is 16.1 Å². The lowest BCUT2D eigenvalue weighted by molar-refractivity contribution is -0.136. The first-order valence-electron chi connectivity index (χ1n) is 14.0. The van der Waals surface area contributed by atoms with Crippen LogP contribution in [0, 0.1) is 6.92 Å². The van der Waals surface area contributed by atoms with Crippen molar-refractivity contribution in [2.75, 3.05) is 26.2 Å². The number of nitrogens with one attached hydrogen (secondary N) is 1. The number of aromatic amines is 1. The number of aromatic nitrogens is 1. The van der Waals surface area contributed by atoms with E-state index in [1.807, 2.05) is 72.6 Å². The molecule has 6 rings (SSSR count). The van der Waals surface area contributed by atoms with Crippen LogP contribution in [0.15, 0.2) is 77.8 Å². The van der Waals surface area contributed by atoms with E-state index < -0.39 is 16.8 Å². The zero-order valence-corrected chi connectivity index (χ0v) is 25.9. The zero-order chi connectivity index (χ0) is 30.3. The van der Waals surface area contributed by atoms with E-state index in [-0.39, 0.29) is 18.2 Å². The SMILES string of the molecule is Cc1ccc(S[C@@]2(C(=O)N3CCN(C(N)=O)CC3)CC(=O)N(Cc3ccc(Cl)cc3)[C@H]2c2c[nH]c3cc(Cl)ccc23)cc1. The van der Waals surface area contributed by atoms with Gasteiger partial charge >= 0.3 is 6.03 Å². The molecule has 8 nitrogen and oxygen atoms in total. The van der Waals surface area contributed by atoms with Crippen LogP contribution in [0.4, 0.5) is 4.79 Å². The third kappa shape index (κ3) is 5.69. The number of H-pyrrole nitrogens is 1. The summed E-state index contributed by atoms with van der Waals surface area (Å²) in [4.78, 5) is 50.2. The fraction of sp³-hybridized carbons (Fsp3) is 0.281. The number of nitrogens with two attached hydrogens (primary N) is 1. The quantitative estimate of drug-likeness (QED) is 0.271. The molecule has 0 unspecified atom stereocenters. The van der Waals surface area contributed by atoms with Gasteiger partial charge in [0.25, 0.3) is 0 Å². The summed E-state index contributed by atoms with van der Waals surface area (Å²) in [7, 11) is 0. The number of amides is 4. The molecule has 0 saturated carbocycles. The van der Waals surface area contributed by atoms with Gasteiger partial charge in [-0.2, -0.15) is 0 Å². The molecule has 2 aliphatic rings. The first-order chi connectivity index (χ1) is 20.6. The molecule has 2 saturated heterocycles. The summed E-state index contributed by atoms with van der Waals surface area (Å²) in [5, 5.41) is 2.09. The highest BCUT2D eigenvalue weighted by atomic mass is 35.5. The molecule has 222 valence electrons. The minimum Gasteiger partial charge on any atom is -0.361 e. The van der Waals surface area contributed by atoms with Gasteiger partial charge in [0, 0.05) is 70.3 Å². The number of carbonyl (C=O) groups excluding carboxylic acids is 3. The van der Waals surface area contributed by atoms with Crippen molar-refractivity contribution in [3.05, 3.63) is 99.7 Å². The maximum Gasteiger partial charge on any atom is 0.314 e. The number of benzene rings is 3. The second kappa shape index (κ2) is 11.8. The van der Waals surface area contributed by atoms with E-state index in [4.69, 9.17) is 28.9 Å². The molecule has 3 heterocycles. The fourth-order valence-electron chi connectivity index (χ4n) is 6.09. The molecule has 0 bridgehead atoms. The standard InChI is InChI=1S/C32H31Cl2N5O3S/c1-20-2-9-24(10-3-20)43-32(30(41)37-12-14-38(15-13-37)31(35)42)17-28(40)39(19-21-4-6-22(33)7-5-21)29(32)26-18-36-27-16-23(34)8-11-25(26)27/h2-11,16,18,29,36H,12-15,17,19H2,1H3,(H2,35,42)/t29-,32-/m0/s1. The largest absolute Gasteiger partial charge is 0.361 e. The maximum absolute atomic E-state index is 14.9. The van der Waals surface area contributed by atoms with Crippen molar-refractivity contribution in [3.8, 4) is 0 Å². The molecular formula is C32H31Cl2N5O3S. The summed E-state index contributed by atoms with van der Waals surface area (Å²) in [6.45, 7) is 3.66. The second-order valence-corrected chi connectivity index (χ2v) is 13.4. The maximum atomic E-state index is 14.9. The lowest BCUT2D eigenvalue weighted by Crippen LogP contribution is -2.57. The highest BCUT2D eigenvalue weighted by Gasteiger charge is 2.59. The van der Waals surface area contributed by atoms with E-state index in [0.717, 1.165) is 32.5 Å². The Labute approximate surface area is 264 Å². The number of carbonyl (C=O) groups is 3. The van der Waals surface area contributed by atoms with Crippen LogP contribution in [-0.4, -0.2) is 68.5 Å². The Bertz CT molecular complexity index is 1690. The number of piperazine rings is 1. The third-order valence-electron chi connectivity index (χ3n) is 8.29. The number of halogens is 2. The van der Waals surface area contributed by atoms with Crippen LogP contribution in [0.2, 0.25) is 10.0 Å². The van der Waals surface area contributed by atoms with Crippen LogP contribution < -0.4 is 5.73 Å². The fourth-order valence-corrected chi connectivity index (χ4v) is 7.86. The van der Waals surface area contributed by atoms with Gasteiger partial charge in [-0.3, -0.25) is 9.59 Å². The number of fused-ring (bicyclic) bond motifs is 1. The molecule has 11 heteroatoms. The van der Waals surface area contributed by atoms with Crippen molar-refractivity contribution < 1.29 is 14.4 Å². The van der Waals surface area contributed by atoms with Crippen molar-refractivity contribution in [2.45, 2.75) is 35.6 Å². The van der Waals surface area contributed by atoms with Gasteiger partial charge < -0.3 is 25.4 Å². The molecule has 0 spiro atoms. The van der Waals surface area contributed by atoms with Gasteiger partial charge in [-0.05, 0) is 48.9 Å². The molecule has 3 aromatic carbocycles. The average Bonchev–Trinajstić information content (AvgIpc) is 3.52. The first-order valence-corrected chi connectivity index (χ1v) is 15.6. The number of hydrogen-bond acceptors (Lipinski definition) is 4. The molecule has 0 aliphatic carbocycles. The van der Waals surface area contributed by atoms with E-state index >= 15 is 0 Å². The molecule has 1 aromatic heterocycles. The predicted octanol–water partition coefficient (Wildman–Crippen LogP) is 6.01. The molecular weight excluding hydrogens is 605 g/mol. The number of nitrogens with zero attached hydrogens (tertiary/aromatic N) is 3. The number of urea groups is 1. The molecule has 4 amide bonds. The third-order valence-corrected chi connectivity index (χ3v) is 10.2. The normalized spacial score (nSPS) is 20.7. The summed E-state index contributed by atoms with van der Waals surface area (Å²) in [6, 6.07) is 19.9. The summed E-state index contributed by atoms with van der Waals surface area (Å²) in [5.41, 5.74) is 9.20. The predicted molar refractivity (Wildman–Crippen MR) is 170 cm³/mol. The zero-order valence-electron chi connectivity index (χ0n) is 23.6. The summed E-state index contributed by atoms with van der Waals surface area (Å²) in [5.74, 6) is -0.255. The highest BCUT2D eigenvalue weighted by Crippen LogP contribution is 2.55. The van der Waals surface area contributed by atoms with Gasteiger partial charge in [0.05, 0.1) is 12.5 Å².